The molecular weight excluding hydrogens is 288 g/mol. The normalized spacial score (nSPS) is 23.0. The molecule has 1 atom stereocenters. The van der Waals surface area contributed by atoms with Gasteiger partial charge in [-0.2, -0.15) is 0 Å². The first-order chi connectivity index (χ1) is 8.78. The topological polar surface area (TPSA) is 83.6 Å². The highest BCUT2D eigenvalue weighted by Gasteiger charge is 2.35. The maximum atomic E-state index is 12.1. The van der Waals surface area contributed by atoms with Crippen molar-refractivity contribution in [1.82, 2.24) is 9.62 Å². The van der Waals surface area contributed by atoms with Gasteiger partial charge in [-0.15, -0.1) is 0 Å². The van der Waals surface area contributed by atoms with E-state index in [0.29, 0.717) is 12.8 Å². The average Bonchev–Trinajstić information content (AvgIpc) is 2.68. The minimum atomic E-state index is -3.34. The fraction of sp³-hybridized carbons (Fsp3) is 1.00. The number of nitrogens with zero attached hydrogens (tertiary/aromatic N) is 1. The number of nitrogens with one attached hydrogen (secondary N) is 1. The number of unbranched alkanes of at least 4 members (excludes halogenated alkanes) is 1. The Morgan fingerprint density at radius 2 is 2.00 bits per heavy atom. The Hall–Kier alpha value is -0.180. The molecule has 1 fully saturated rings. The summed E-state index contributed by atoms with van der Waals surface area (Å²) in [5, 5.41) is 3.14. The van der Waals surface area contributed by atoms with Gasteiger partial charge in [0, 0.05) is 13.1 Å². The molecule has 0 aromatic heterocycles. The van der Waals surface area contributed by atoms with Gasteiger partial charge in [-0.3, -0.25) is 0 Å². The van der Waals surface area contributed by atoms with Crippen molar-refractivity contribution in [1.29, 1.82) is 0 Å². The zero-order chi connectivity index (χ0) is 14.5. The zero-order valence-electron chi connectivity index (χ0n) is 11.6. The standard InChI is InChI=1S/C11H24N2O4S2/c1-3-12-7-4-5-8-19(16,17)13(2)11-6-9-18(14,15)10-11/h11-12H,3-10H2,1-2H3. The lowest BCUT2D eigenvalue weighted by Gasteiger charge is -2.22. The van der Waals surface area contributed by atoms with E-state index in [1.54, 1.807) is 0 Å². The van der Waals surface area contributed by atoms with Gasteiger partial charge in [-0.25, -0.2) is 21.1 Å². The van der Waals surface area contributed by atoms with E-state index in [9.17, 15) is 16.8 Å². The zero-order valence-corrected chi connectivity index (χ0v) is 13.3. The largest absolute Gasteiger partial charge is 0.317 e. The third kappa shape index (κ3) is 5.37. The lowest BCUT2D eigenvalue weighted by Crippen LogP contribution is -2.39. The molecule has 1 rings (SSSR count). The molecule has 0 aromatic rings. The molecule has 6 nitrogen and oxygen atoms in total. The summed E-state index contributed by atoms with van der Waals surface area (Å²) in [7, 11) is -4.90. The molecule has 0 bridgehead atoms. The number of sulfonamides is 1. The van der Waals surface area contributed by atoms with Gasteiger partial charge in [0.05, 0.1) is 17.3 Å². The van der Waals surface area contributed by atoms with Crippen molar-refractivity contribution in [2.45, 2.75) is 32.2 Å². The summed E-state index contributed by atoms with van der Waals surface area (Å²) < 4.78 is 48.1. The Kier molecular flexibility index (Phi) is 6.22. The number of hydrogen-bond donors (Lipinski definition) is 1. The number of rotatable bonds is 8. The van der Waals surface area contributed by atoms with E-state index in [4.69, 9.17) is 0 Å². The Balaban J connectivity index is 2.44. The molecule has 114 valence electrons. The minimum absolute atomic E-state index is 0.0415. The van der Waals surface area contributed by atoms with Crippen LogP contribution in [-0.4, -0.2) is 64.6 Å². The number of sulfone groups is 1. The summed E-state index contributed by atoms with van der Waals surface area (Å²) in [6.45, 7) is 3.70. The first-order valence-corrected chi connectivity index (χ1v) is 10.1. The number of hydrogen-bond acceptors (Lipinski definition) is 5. The molecule has 0 aromatic carbocycles. The van der Waals surface area contributed by atoms with E-state index in [1.165, 1.54) is 11.4 Å². The Labute approximate surface area is 116 Å². The van der Waals surface area contributed by atoms with Gasteiger partial charge in [0.2, 0.25) is 10.0 Å². The van der Waals surface area contributed by atoms with Crippen molar-refractivity contribution in [3.63, 3.8) is 0 Å². The van der Waals surface area contributed by atoms with Crippen molar-refractivity contribution in [3.8, 4) is 0 Å². The van der Waals surface area contributed by atoms with E-state index >= 15 is 0 Å². The van der Waals surface area contributed by atoms with Crippen LogP contribution in [0.5, 0.6) is 0 Å². The Morgan fingerprint density at radius 3 is 2.53 bits per heavy atom. The van der Waals surface area contributed by atoms with Gasteiger partial charge in [0.25, 0.3) is 0 Å². The molecule has 1 aliphatic rings. The highest BCUT2D eigenvalue weighted by molar-refractivity contribution is 7.92. The van der Waals surface area contributed by atoms with E-state index in [1.807, 2.05) is 6.92 Å². The second-order valence-electron chi connectivity index (χ2n) is 4.95. The summed E-state index contributed by atoms with van der Waals surface area (Å²) in [4.78, 5) is 0. The van der Waals surface area contributed by atoms with Crippen LogP contribution in [0.15, 0.2) is 0 Å². The summed E-state index contributed by atoms with van der Waals surface area (Å²) in [5.74, 6) is 0.142. The third-order valence-corrected chi connectivity index (χ3v) is 7.15. The maximum absolute atomic E-state index is 12.1. The molecule has 0 saturated carbocycles. The van der Waals surface area contributed by atoms with E-state index in [2.05, 4.69) is 5.32 Å². The molecule has 0 spiro atoms. The lowest BCUT2D eigenvalue weighted by molar-refractivity contribution is 0.393. The van der Waals surface area contributed by atoms with Gasteiger partial charge >= 0.3 is 0 Å². The van der Waals surface area contributed by atoms with Gasteiger partial charge in [-0.05, 0) is 32.4 Å². The van der Waals surface area contributed by atoms with Crippen LogP contribution >= 0.6 is 0 Å². The van der Waals surface area contributed by atoms with Crippen LogP contribution in [0.3, 0.4) is 0 Å². The molecule has 1 aliphatic heterocycles. The van der Waals surface area contributed by atoms with Gasteiger partial charge in [0.1, 0.15) is 0 Å². The minimum Gasteiger partial charge on any atom is -0.317 e. The van der Waals surface area contributed by atoms with Crippen molar-refractivity contribution in [2.75, 3.05) is 37.4 Å². The fourth-order valence-electron chi connectivity index (χ4n) is 2.14. The molecular formula is C11H24N2O4S2. The first kappa shape index (κ1) is 16.9. The van der Waals surface area contributed by atoms with Crippen molar-refractivity contribution < 1.29 is 16.8 Å². The average molecular weight is 312 g/mol. The van der Waals surface area contributed by atoms with Crippen LogP contribution in [0.4, 0.5) is 0 Å². The van der Waals surface area contributed by atoms with E-state index in [0.717, 1.165) is 19.5 Å². The van der Waals surface area contributed by atoms with Crippen molar-refractivity contribution in [3.05, 3.63) is 0 Å². The van der Waals surface area contributed by atoms with Crippen LogP contribution in [0, 0.1) is 0 Å². The summed E-state index contributed by atoms with van der Waals surface area (Å²) in [6, 6.07) is -0.385. The summed E-state index contributed by atoms with van der Waals surface area (Å²) in [5.41, 5.74) is 0. The quantitative estimate of drug-likeness (QED) is 0.629. The molecule has 0 amide bonds. The molecule has 19 heavy (non-hydrogen) atoms. The molecule has 1 N–H and O–H groups in total. The van der Waals surface area contributed by atoms with Crippen LogP contribution in [0.2, 0.25) is 0 Å². The van der Waals surface area contributed by atoms with E-state index in [-0.39, 0.29) is 23.3 Å². The highest BCUT2D eigenvalue weighted by atomic mass is 32.2. The molecule has 0 radical (unpaired) electrons. The highest BCUT2D eigenvalue weighted by Crippen LogP contribution is 2.19. The van der Waals surface area contributed by atoms with Crippen molar-refractivity contribution in [2.24, 2.45) is 0 Å². The third-order valence-electron chi connectivity index (χ3n) is 3.42. The Bertz CT molecular complexity index is 473. The Morgan fingerprint density at radius 1 is 1.32 bits per heavy atom. The fourth-order valence-corrected chi connectivity index (χ4v) is 5.50. The predicted octanol–water partition coefficient (Wildman–Crippen LogP) is -0.175. The van der Waals surface area contributed by atoms with Gasteiger partial charge in [-0.1, -0.05) is 6.92 Å². The summed E-state index contributed by atoms with van der Waals surface area (Å²) in [6.07, 6.45) is 1.82. The molecule has 1 unspecified atom stereocenters. The second kappa shape index (κ2) is 7.01. The van der Waals surface area contributed by atoms with Gasteiger partial charge in [0.15, 0.2) is 9.84 Å². The van der Waals surface area contributed by atoms with E-state index < -0.39 is 19.9 Å². The molecule has 1 heterocycles. The molecule has 0 aliphatic carbocycles. The second-order valence-corrected chi connectivity index (χ2v) is 9.33. The smallest absolute Gasteiger partial charge is 0.214 e. The van der Waals surface area contributed by atoms with Gasteiger partial charge < -0.3 is 5.32 Å². The first-order valence-electron chi connectivity index (χ1n) is 6.65. The molecule has 8 heteroatoms. The predicted molar refractivity (Wildman–Crippen MR) is 76.4 cm³/mol. The van der Waals surface area contributed by atoms with Crippen LogP contribution in [0.1, 0.15) is 26.2 Å². The molecule has 1 saturated heterocycles. The monoisotopic (exact) mass is 312 g/mol. The summed E-state index contributed by atoms with van der Waals surface area (Å²) >= 11 is 0. The van der Waals surface area contributed by atoms with Crippen LogP contribution in [0.25, 0.3) is 0 Å². The lowest BCUT2D eigenvalue weighted by atomic mass is 10.3. The SMILES string of the molecule is CCNCCCCS(=O)(=O)N(C)C1CCS(=O)(=O)C1. The van der Waals surface area contributed by atoms with Crippen molar-refractivity contribution >= 4 is 19.9 Å². The van der Waals surface area contributed by atoms with Crippen LogP contribution in [-0.2, 0) is 19.9 Å². The maximum Gasteiger partial charge on any atom is 0.214 e. The van der Waals surface area contributed by atoms with Crippen LogP contribution < -0.4 is 5.32 Å².